The van der Waals surface area contributed by atoms with Crippen LogP contribution in [0.15, 0.2) is 34.7 Å². The van der Waals surface area contributed by atoms with Crippen LogP contribution in [-0.4, -0.2) is 29.7 Å². The molecule has 1 N–H and O–H groups in total. The molecule has 0 aliphatic heterocycles. The molecule has 7 nitrogen and oxygen atoms in total. The molecule has 126 valence electrons. The zero-order chi connectivity index (χ0) is 17.4. The summed E-state index contributed by atoms with van der Waals surface area (Å²) in [4.78, 5) is 26.6. The van der Waals surface area contributed by atoms with E-state index in [0.717, 1.165) is 5.56 Å². The van der Waals surface area contributed by atoms with E-state index in [4.69, 9.17) is 9.47 Å². The van der Waals surface area contributed by atoms with Crippen LogP contribution in [0.1, 0.15) is 25.1 Å². The number of nitrogens with zero attached hydrogens (tertiary/aromatic N) is 2. The quantitative estimate of drug-likeness (QED) is 0.358. The van der Waals surface area contributed by atoms with Crippen LogP contribution in [-0.2, 0) is 20.7 Å². The summed E-state index contributed by atoms with van der Waals surface area (Å²) < 4.78 is 9.88. The summed E-state index contributed by atoms with van der Waals surface area (Å²) in [5.74, 6) is -0.225. The van der Waals surface area contributed by atoms with Gasteiger partial charge in [-0.2, -0.15) is 5.10 Å². The van der Waals surface area contributed by atoms with Crippen molar-refractivity contribution in [2.45, 2.75) is 20.3 Å². The highest BCUT2D eigenvalue weighted by molar-refractivity contribution is 7.13. The third kappa shape index (κ3) is 5.81. The van der Waals surface area contributed by atoms with E-state index in [1.165, 1.54) is 18.3 Å². The molecule has 2 rings (SSSR count). The first-order chi connectivity index (χ1) is 11.6. The number of carbonyl (C=O) groups excluding carboxylic acids is 2. The monoisotopic (exact) mass is 347 g/mol. The number of hydrazone groups is 1. The van der Waals surface area contributed by atoms with Gasteiger partial charge in [-0.3, -0.25) is 15.0 Å². The number of benzene rings is 1. The number of aromatic nitrogens is 1. The molecule has 0 saturated heterocycles. The Morgan fingerprint density at radius 2 is 2.25 bits per heavy atom. The number of esters is 2. The van der Waals surface area contributed by atoms with Gasteiger partial charge in [-0.25, -0.2) is 4.98 Å². The fraction of sp³-hybridized carbons (Fsp3) is 0.250. The first-order valence-corrected chi connectivity index (χ1v) is 8.12. The maximum atomic E-state index is 11.4. The Kier molecular flexibility index (Phi) is 6.44. The normalized spacial score (nSPS) is 10.6. The largest absolute Gasteiger partial charge is 0.466 e. The number of hydrogen-bond donors (Lipinski definition) is 1. The van der Waals surface area contributed by atoms with Gasteiger partial charge in [0.2, 0.25) is 5.13 Å². The lowest BCUT2D eigenvalue weighted by molar-refractivity contribution is -0.142. The van der Waals surface area contributed by atoms with Crippen molar-refractivity contribution in [3.05, 3.63) is 40.9 Å². The summed E-state index contributed by atoms with van der Waals surface area (Å²) in [6, 6.07) is 6.97. The minimum absolute atomic E-state index is 0.139. The number of hydrogen-bond acceptors (Lipinski definition) is 8. The smallest absolute Gasteiger partial charge is 0.311 e. The molecule has 0 saturated carbocycles. The van der Waals surface area contributed by atoms with Gasteiger partial charge in [0.15, 0.2) is 0 Å². The molecule has 0 spiro atoms. The van der Waals surface area contributed by atoms with Crippen molar-refractivity contribution in [3.8, 4) is 5.75 Å². The molecule has 0 fully saturated rings. The second-order valence-corrected chi connectivity index (χ2v) is 5.52. The lowest BCUT2D eigenvalue weighted by Crippen LogP contribution is -2.07. The van der Waals surface area contributed by atoms with Crippen molar-refractivity contribution < 1.29 is 19.1 Å². The summed E-state index contributed by atoms with van der Waals surface area (Å²) >= 11 is 1.34. The Labute approximate surface area is 143 Å². The number of ether oxygens (including phenoxy) is 2. The number of nitrogens with one attached hydrogen (secondary N) is 1. The van der Waals surface area contributed by atoms with Crippen molar-refractivity contribution in [2.24, 2.45) is 5.10 Å². The SMILES string of the molecule is CCOC(=O)Cc1csc(NN=Cc2cccc(OC(C)=O)c2)n1. The topological polar surface area (TPSA) is 89.9 Å². The maximum absolute atomic E-state index is 11.4. The van der Waals surface area contributed by atoms with Gasteiger partial charge < -0.3 is 9.47 Å². The zero-order valence-electron chi connectivity index (χ0n) is 13.3. The van der Waals surface area contributed by atoms with Crippen LogP contribution in [0.25, 0.3) is 0 Å². The van der Waals surface area contributed by atoms with Gasteiger partial charge in [0.1, 0.15) is 5.75 Å². The zero-order valence-corrected chi connectivity index (χ0v) is 14.1. The molecule has 0 amide bonds. The summed E-state index contributed by atoms with van der Waals surface area (Å²) in [6.45, 7) is 3.46. The highest BCUT2D eigenvalue weighted by Gasteiger charge is 2.07. The minimum Gasteiger partial charge on any atom is -0.466 e. The van der Waals surface area contributed by atoms with Gasteiger partial charge in [-0.05, 0) is 24.6 Å². The van der Waals surface area contributed by atoms with Gasteiger partial charge in [0.05, 0.1) is 24.9 Å². The predicted octanol–water partition coefficient (Wildman–Crippen LogP) is 2.62. The van der Waals surface area contributed by atoms with Gasteiger partial charge in [0.25, 0.3) is 0 Å². The highest BCUT2D eigenvalue weighted by Crippen LogP contribution is 2.16. The van der Waals surface area contributed by atoms with Gasteiger partial charge in [-0.15, -0.1) is 11.3 Å². The van der Waals surface area contributed by atoms with Crippen molar-refractivity contribution in [3.63, 3.8) is 0 Å². The first-order valence-electron chi connectivity index (χ1n) is 7.24. The molecule has 0 unspecified atom stereocenters. The molecule has 0 aliphatic carbocycles. The standard InChI is InChI=1S/C16H17N3O4S/c1-3-22-15(21)8-13-10-24-16(18-13)19-17-9-12-5-4-6-14(7-12)23-11(2)20/h4-7,9-10H,3,8H2,1-2H3,(H,18,19). The van der Waals surface area contributed by atoms with Crippen molar-refractivity contribution >= 4 is 34.6 Å². The Hall–Kier alpha value is -2.74. The fourth-order valence-corrected chi connectivity index (χ4v) is 2.44. The fourth-order valence-electron chi connectivity index (χ4n) is 1.79. The van der Waals surface area contributed by atoms with E-state index in [2.05, 4.69) is 15.5 Å². The molecule has 1 heterocycles. The van der Waals surface area contributed by atoms with Crippen molar-refractivity contribution in [1.29, 1.82) is 0 Å². The Morgan fingerprint density at radius 1 is 1.42 bits per heavy atom. The average molecular weight is 347 g/mol. The van der Waals surface area contributed by atoms with E-state index >= 15 is 0 Å². The number of thiazole rings is 1. The van der Waals surface area contributed by atoms with Crippen LogP contribution < -0.4 is 10.2 Å². The summed E-state index contributed by atoms with van der Waals surface area (Å²) in [7, 11) is 0. The third-order valence-corrected chi connectivity index (χ3v) is 3.47. The summed E-state index contributed by atoms with van der Waals surface area (Å²) in [6.07, 6.45) is 1.72. The van der Waals surface area contributed by atoms with E-state index in [0.29, 0.717) is 23.2 Å². The second-order valence-electron chi connectivity index (χ2n) is 4.66. The molecule has 2 aromatic rings. The van der Waals surface area contributed by atoms with Gasteiger partial charge >= 0.3 is 11.9 Å². The van der Waals surface area contributed by atoms with Gasteiger partial charge in [0, 0.05) is 12.3 Å². The van der Waals surface area contributed by atoms with Crippen LogP contribution in [0.3, 0.4) is 0 Å². The number of anilines is 1. The minimum atomic E-state index is -0.376. The van der Waals surface area contributed by atoms with E-state index in [1.807, 2.05) is 6.07 Å². The highest BCUT2D eigenvalue weighted by atomic mass is 32.1. The van der Waals surface area contributed by atoms with Crippen molar-refractivity contribution in [1.82, 2.24) is 4.98 Å². The third-order valence-electron chi connectivity index (χ3n) is 2.68. The van der Waals surface area contributed by atoms with Crippen LogP contribution >= 0.6 is 11.3 Å². The maximum Gasteiger partial charge on any atom is 0.311 e. The summed E-state index contributed by atoms with van der Waals surface area (Å²) in [5, 5.41) is 6.42. The molecule has 1 aromatic carbocycles. The molecule has 0 radical (unpaired) electrons. The summed E-state index contributed by atoms with van der Waals surface area (Å²) in [5.41, 5.74) is 4.20. The molecule has 24 heavy (non-hydrogen) atoms. The van der Waals surface area contributed by atoms with Gasteiger partial charge in [-0.1, -0.05) is 12.1 Å². The first kappa shape index (κ1) is 17.6. The van der Waals surface area contributed by atoms with Crippen molar-refractivity contribution in [2.75, 3.05) is 12.0 Å². The van der Waals surface area contributed by atoms with Crippen LogP contribution in [0.4, 0.5) is 5.13 Å². The average Bonchev–Trinajstić information content (AvgIpc) is 2.94. The van der Waals surface area contributed by atoms with E-state index in [-0.39, 0.29) is 18.4 Å². The Morgan fingerprint density at radius 3 is 3.00 bits per heavy atom. The molecule has 0 bridgehead atoms. The molecular weight excluding hydrogens is 330 g/mol. The molecule has 8 heteroatoms. The second kappa shape index (κ2) is 8.78. The van der Waals surface area contributed by atoms with E-state index in [9.17, 15) is 9.59 Å². The molecule has 1 aromatic heterocycles. The Balaban J connectivity index is 1.91. The number of carbonyl (C=O) groups is 2. The number of rotatable bonds is 7. The van der Waals surface area contributed by atoms with Crippen LogP contribution in [0, 0.1) is 0 Å². The molecule has 0 aliphatic rings. The van der Waals surface area contributed by atoms with E-state index < -0.39 is 0 Å². The van der Waals surface area contributed by atoms with Crippen LogP contribution in [0.2, 0.25) is 0 Å². The molecule has 0 atom stereocenters. The molecular formula is C16H17N3O4S. The lowest BCUT2D eigenvalue weighted by atomic mass is 10.2. The Bertz CT molecular complexity index is 742. The van der Waals surface area contributed by atoms with E-state index in [1.54, 1.807) is 36.7 Å². The predicted molar refractivity (Wildman–Crippen MR) is 91.4 cm³/mol. The van der Waals surface area contributed by atoms with Crippen LogP contribution in [0.5, 0.6) is 5.75 Å². The lowest BCUT2D eigenvalue weighted by Gasteiger charge is -2.01.